The summed E-state index contributed by atoms with van der Waals surface area (Å²) in [7, 11) is 0. The fourth-order valence-corrected chi connectivity index (χ4v) is 2.77. The van der Waals surface area contributed by atoms with E-state index in [-0.39, 0.29) is 18.5 Å². The summed E-state index contributed by atoms with van der Waals surface area (Å²) in [5.74, 6) is 1.41. The molecule has 0 unspecified atom stereocenters. The molecular formula is C17H23N5O. The first-order chi connectivity index (χ1) is 11.2. The minimum Gasteiger partial charge on any atom is -0.352 e. The summed E-state index contributed by atoms with van der Waals surface area (Å²) >= 11 is 0. The van der Waals surface area contributed by atoms with Crippen molar-refractivity contribution in [3.63, 3.8) is 0 Å². The highest BCUT2D eigenvalue weighted by Crippen LogP contribution is 2.32. The Bertz CT molecular complexity index is 635. The van der Waals surface area contributed by atoms with Gasteiger partial charge in [0.05, 0.1) is 0 Å². The average molecular weight is 313 g/mol. The van der Waals surface area contributed by atoms with Crippen LogP contribution >= 0.6 is 0 Å². The zero-order chi connectivity index (χ0) is 16.1. The second kappa shape index (κ2) is 7.35. The minimum absolute atomic E-state index is 0.0130. The Labute approximate surface area is 136 Å². The van der Waals surface area contributed by atoms with Crippen molar-refractivity contribution < 1.29 is 4.79 Å². The van der Waals surface area contributed by atoms with Crippen molar-refractivity contribution in [1.82, 2.24) is 25.5 Å². The van der Waals surface area contributed by atoms with Crippen LogP contribution in [0.25, 0.3) is 0 Å². The molecule has 0 saturated heterocycles. The van der Waals surface area contributed by atoms with Crippen molar-refractivity contribution in [2.45, 2.75) is 51.6 Å². The molecule has 6 nitrogen and oxygen atoms in total. The fraction of sp³-hybridized carbons (Fsp3) is 0.529. The van der Waals surface area contributed by atoms with Gasteiger partial charge in [0.1, 0.15) is 6.54 Å². The van der Waals surface area contributed by atoms with Crippen LogP contribution in [0.15, 0.2) is 30.3 Å². The predicted octanol–water partition coefficient (Wildman–Crippen LogP) is 1.76. The highest BCUT2D eigenvalue weighted by molar-refractivity contribution is 5.76. The molecule has 2 aromatic rings. The summed E-state index contributed by atoms with van der Waals surface area (Å²) < 4.78 is 1.61. The van der Waals surface area contributed by atoms with Crippen LogP contribution < -0.4 is 5.32 Å². The topological polar surface area (TPSA) is 72.7 Å². The quantitative estimate of drug-likeness (QED) is 0.806. The Hall–Kier alpha value is -2.24. The number of tetrazole rings is 1. The van der Waals surface area contributed by atoms with E-state index in [1.807, 2.05) is 18.2 Å². The van der Waals surface area contributed by atoms with Gasteiger partial charge in [-0.15, -0.1) is 5.10 Å². The molecule has 23 heavy (non-hydrogen) atoms. The number of nitrogens with one attached hydrogen (secondary N) is 1. The largest absolute Gasteiger partial charge is 0.352 e. The van der Waals surface area contributed by atoms with E-state index < -0.39 is 0 Å². The number of aryl methyl sites for hydroxylation is 2. The van der Waals surface area contributed by atoms with Gasteiger partial charge in [0.15, 0.2) is 5.82 Å². The summed E-state index contributed by atoms with van der Waals surface area (Å²) in [5.41, 5.74) is 1.31. The zero-order valence-electron chi connectivity index (χ0n) is 13.5. The Balaban J connectivity index is 1.47. The van der Waals surface area contributed by atoms with Crippen LogP contribution in [-0.2, 0) is 24.2 Å². The second-order valence-electron chi connectivity index (χ2n) is 6.29. The molecule has 1 aliphatic rings. The van der Waals surface area contributed by atoms with E-state index in [1.54, 1.807) is 4.68 Å². The highest BCUT2D eigenvalue weighted by Gasteiger charge is 2.29. The number of carbonyl (C=O) groups excluding carboxylic acids is 1. The molecule has 0 spiro atoms. The van der Waals surface area contributed by atoms with Crippen molar-refractivity contribution >= 4 is 5.91 Å². The number of hydrogen-bond donors (Lipinski definition) is 1. The number of hydrogen-bond acceptors (Lipinski definition) is 4. The van der Waals surface area contributed by atoms with Crippen LogP contribution in [0.1, 0.15) is 37.6 Å². The van der Waals surface area contributed by atoms with Gasteiger partial charge in [0.25, 0.3) is 0 Å². The minimum atomic E-state index is -0.0130. The van der Waals surface area contributed by atoms with Crippen molar-refractivity contribution in [3.8, 4) is 0 Å². The van der Waals surface area contributed by atoms with Gasteiger partial charge in [-0.2, -0.15) is 0 Å². The van der Waals surface area contributed by atoms with E-state index in [4.69, 9.17) is 0 Å². The molecule has 0 bridgehead atoms. The molecule has 1 aliphatic carbocycles. The Morgan fingerprint density at radius 3 is 2.83 bits per heavy atom. The number of carbonyl (C=O) groups is 1. The van der Waals surface area contributed by atoms with E-state index in [1.165, 1.54) is 18.4 Å². The number of amides is 1. The monoisotopic (exact) mass is 313 g/mol. The molecule has 1 aromatic carbocycles. The second-order valence-corrected chi connectivity index (χ2v) is 6.29. The summed E-state index contributed by atoms with van der Waals surface area (Å²) in [6.07, 6.45) is 5.16. The third kappa shape index (κ3) is 4.61. The maximum atomic E-state index is 12.1. The zero-order valence-corrected chi connectivity index (χ0v) is 13.5. The third-order valence-electron chi connectivity index (χ3n) is 4.33. The molecule has 122 valence electrons. The van der Waals surface area contributed by atoms with Gasteiger partial charge in [-0.3, -0.25) is 4.79 Å². The third-order valence-corrected chi connectivity index (χ3v) is 4.33. The van der Waals surface area contributed by atoms with Crippen LogP contribution in [0.4, 0.5) is 0 Å². The molecule has 1 saturated carbocycles. The van der Waals surface area contributed by atoms with Crippen LogP contribution in [0, 0.1) is 5.92 Å². The molecule has 0 aliphatic heterocycles. The number of aromatic nitrogens is 4. The van der Waals surface area contributed by atoms with Crippen molar-refractivity contribution in [2.24, 2.45) is 5.92 Å². The van der Waals surface area contributed by atoms with Crippen molar-refractivity contribution in [1.29, 1.82) is 0 Å². The Morgan fingerprint density at radius 1 is 1.30 bits per heavy atom. The van der Waals surface area contributed by atoms with Gasteiger partial charge < -0.3 is 5.32 Å². The summed E-state index contributed by atoms with van der Waals surface area (Å²) in [6, 6.07) is 10.6. The molecule has 1 fully saturated rings. The molecule has 1 aromatic heterocycles. The maximum absolute atomic E-state index is 12.1. The lowest BCUT2D eigenvalue weighted by Gasteiger charge is -2.12. The van der Waals surface area contributed by atoms with Crippen LogP contribution in [0.5, 0.6) is 0 Å². The molecule has 1 amide bonds. The predicted molar refractivity (Wildman–Crippen MR) is 86.6 cm³/mol. The first-order valence-electron chi connectivity index (χ1n) is 8.30. The molecule has 6 heteroatoms. The first kappa shape index (κ1) is 15.6. The number of nitrogens with zero attached hydrogens (tertiary/aromatic N) is 4. The van der Waals surface area contributed by atoms with E-state index in [0.717, 1.165) is 25.1 Å². The number of rotatable bonds is 8. The smallest absolute Gasteiger partial charge is 0.242 e. The van der Waals surface area contributed by atoms with E-state index >= 15 is 0 Å². The van der Waals surface area contributed by atoms with Crippen LogP contribution in [0.2, 0.25) is 0 Å². The average Bonchev–Trinajstić information content (AvgIpc) is 3.31. The fourth-order valence-electron chi connectivity index (χ4n) is 2.77. The van der Waals surface area contributed by atoms with Gasteiger partial charge in [-0.1, -0.05) is 30.3 Å². The molecule has 3 rings (SSSR count). The lowest BCUT2D eigenvalue weighted by Crippen LogP contribution is -2.36. The SMILES string of the molecule is C[C@H](NC(=O)Cn1nnnc1CCCc1ccccc1)C1CC1. The first-order valence-corrected chi connectivity index (χ1v) is 8.30. The lowest BCUT2D eigenvalue weighted by molar-refractivity contribution is -0.122. The highest BCUT2D eigenvalue weighted by atomic mass is 16.2. The molecule has 0 radical (unpaired) electrons. The van der Waals surface area contributed by atoms with Gasteiger partial charge in [0.2, 0.25) is 5.91 Å². The van der Waals surface area contributed by atoms with E-state index in [9.17, 15) is 4.79 Å². The number of benzene rings is 1. The molecular weight excluding hydrogens is 290 g/mol. The standard InChI is InChI=1S/C17H23N5O/c1-13(15-10-11-15)18-17(23)12-22-16(19-20-21-22)9-5-8-14-6-3-2-4-7-14/h2-4,6-7,13,15H,5,8-12H2,1H3,(H,18,23)/t13-/m0/s1. The Kier molecular flexibility index (Phi) is 5.00. The van der Waals surface area contributed by atoms with Gasteiger partial charge in [-0.05, 0) is 54.5 Å². The van der Waals surface area contributed by atoms with Gasteiger partial charge >= 0.3 is 0 Å². The van der Waals surface area contributed by atoms with Crippen LogP contribution in [0.3, 0.4) is 0 Å². The molecule has 1 heterocycles. The lowest BCUT2D eigenvalue weighted by atomic mass is 10.1. The Morgan fingerprint density at radius 2 is 2.09 bits per heavy atom. The summed E-state index contributed by atoms with van der Waals surface area (Å²) in [6.45, 7) is 2.26. The summed E-state index contributed by atoms with van der Waals surface area (Å²) in [4.78, 5) is 12.1. The van der Waals surface area contributed by atoms with E-state index in [2.05, 4.69) is 39.9 Å². The maximum Gasteiger partial charge on any atom is 0.242 e. The van der Waals surface area contributed by atoms with Crippen LogP contribution in [-0.4, -0.2) is 32.2 Å². The molecule has 1 atom stereocenters. The normalized spacial score (nSPS) is 15.3. The van der Waals surface area contributed by atoms with Gasteiger partial charge in [-0.25, -0.2) is 4.68 Å². The van der Waals surface area contributed by atoms with Crippen molar-refractivity contribution in [2.75, 3.05) is 0 Å². The van der Waals surface area contributed by atoms with E-state index in [0.29, 0.717) is 5.92 Å². The summed E-state index contributed by atoms with van der Waals surface area (Å²) in [5, 5.41) is 14.7. The van der Waals surface area contributed by atoms with Crippen molar-refractivity contribution in [3.05, 3.63) is 41.7 Å². The van der Waals surface area contributed by atoms with Gasteiger partial charge in [0, 0.05) is 12.5 Å². The molecule has 1 N–H and O–H groups in total.